The van der Waals surface area contributed by atoms with E-state index in [9.17, 15) is 13.2 Å². The molecule has 0 aliphatic rings. The fourth-order valence-corrected chi connectivity index (χ4v) is 5.97. The summed E-state index contributed by atoms with van der Waals surface area (Å²) in [4.78, 5) is 24.3. The van der Waals surface area contributed by atoms with Crippen LogP contribution in [0.4, 0.5) is 0 Å². The van der Waals surface area contributed by atoms with Gasteiger partial charge in [-0.25, -0.2) is 18.4 Å². The normalized spacial score (nSPS) is 12.9. The Hall–Kier alpha value is -1.78. The van der Waals surface area contributed by atoms with E-state index in [2.05, 4.69) is 15.0 Å². The van der Waals surface area contributed by atoms with Crippen LogP contribution in [0.25, 0.3) is 11.2 Å². The third kappa shape index (κ3) is 11.2. The number of aliphatic hydroxyl groups is 1. The number of carbonyl (C=O) groups excluding carboxylic acids is 1. The van der Waals surface area contributed by atoms with Gasteiger partial charge in [0.1, 0.15) is 11.3 Å². The molecule has 0 aliphatic heterocycles. The van der Waals surface area contributed by atoms with Crippen molar-refractivity contribution in [1.82, 2.24) is 19.5 Å². The van der Waals surface area contributed by atoms with Gasteiger partial charge in [-0.3, -0.25) is 4.79 Å². The van der Waals surface area contributed by atoms with Gasteiger partial charge in [0.2, 0.25) is 5.28 Å². The Labute approximate surface area is 245 Å². The zero-order valence-electron chi connectivity index (χ0n) is 24.8. The van der Waals surface area contributed by atoms with Crippen LogP contribution in [-0.2, 0) is 25.9 Å². The van der Waals surface area contributed by atoms with Crippen molar-refractivity contribution >= 4 is 38.6 Å². The monoisotopic (exact) mass is 600 g/mol. The molecule has 0 spiro atoms. The lowest BCUT2D eigenvalue weighted by Crippen LogP contribution is -2.18. The van der Waals surface area contributed by atoms with E-state index in [0.717, 1.165) is 44.3 Å². The zero-order chi connectivity index (χ0) is 29.5. The molecule has 40 heavy (non-hydrogen) atoms. The van der Waals surface area contributed by atoms with Gasteiger partial charge >= 0.3 is 5.97 Å². The third-order valence-corrected chi connectivity index (χ3v) is 9.46. The average Bonchev–Trinajstić information content (AvgIpc) is 3.22. The van der Waals surface area contributed by atoms with Crippen LogP contribution in [0.2, 0.25) is 5.28 Å². The van der Waals surface area contributed by atoms with Crippen molar-refractivity contribution < 1.29 is 23.1 Å². The molecule has 228 valence electrons. The highest BCUT2D eigenvalue weighted by Gasteiger charge is 2.28. The van der Waals surface area contributed by atoms with Crippen molar-refractivity contribution in [1.29, 1.82) is 0 Å². The van der Waals surface area contributed by atoms with Gasteiger partial charge in [-0.2, -0.15) is 4.98 Å². The summed E-state index contributed by atoms with van der Waals surface area (Å²) in [6.45, 7) is 8.02. The number of imidazole rings is 1. The van der Waals surface area contributed by atoms with Crippen molar-refractivity contribution in [2.75, 3.05) is 13.2 Å². The van der Waals surface area contributed by atoms with Crippen molar-refractivity contribution in [3.05, 3.63) is 11.1 Å². The Kier molecular flexibility index (Phi) is 15.4. The van der Waals surface area contributed by atoms with E-state index in [1.54, 1.807) is 13.8 Å². The first-order valence-electron chi connectivity index (χ1n) is 15.0. The molecule has 0 bridgehead atoms. The molecule has 0 amide bonds. The number of esters is 1. The molecule has 2 aromatic rings. The van der Waals surface area contributed by atoms with E-state index in [1.165, 1.54) is 44.9 Å². The Morgan fingerprint density at radius 2 is 1.40 bits per heavy atom. The first-order valence-corrected chi connectivity index (χ1v) is 16.9. The van der Waals surface area contributed by atoms with E-state index in [0.29, 0.717) is 30.7 Å². The molecule has 2 rings (SSSR count). The Balaban J connectivity index is 1.56. The molecule has 0 radical (unpaired) electrons. The van der Waals surface area contributed by atoms with Crippen LogP contribution in [0.5, 0.6) is 0 Å². The van der Waals surface area contributed by atoms with Crippen LogP contribution >= 0.6 is 11.6 Å². The van der Waals surface area contributed by atoms with Crippen LogP contribution in [-0.4, -0.2) is 57.5 Å². The molecule has 0 unspecified atom stereocenters. The van der Waals surface area contributed by atoms with Gasteiger partial charge in [-0.1, -0.05) is 77.6 Å². The van der Waals surface area contributed by atoms with Crippen LogP contribution in [0, 0.1) is 12.8 Å². The number of fused-ring (bicyclic) bond motifs is 1. The number of nitrogens with zero attached hydrogens (tertiary/aromatic N) is 4. The molecule has 0 aliphatic carbocycles. The lowest BCUT2D eigenvalue weighted by Gasteiger charge is -2.12. The molecule has 0 fully saturated rings. The molecular weight excluding hydrogens is 552 g/mol. The van der Waals surface area contributed by atoms with E-state index in [1.807, 2.05) is 18.4 Å². The second-order valence-electron chi connectivity index (χ2n) is 11.2. The standard InChI is InChI=1S/C29H49ClN4O5S/c1-22(2)40(37,38)28-26-27(32-29(30)33-28)31-24(4)34(26)19-17-15-13-11-9-7-5-6-8-10-12-14-16-18-25(36)39-21-23(3)20-35/h22-23,35H,5-21H2,1-4H3/t23-/m0/s1. The van der Waals surface area contributed by atoms with Crippen LogP contribution in [0.15, 0.2) is 5.03 Å². The minimum atomic E-state index is -3.62. The van der Waals surface area contributed by atoms with Crippen molar-refractivity contribution in [3.63, 3.8) is 0 Å². The summed E-state index contributed by atoms with van der Waals surface area (Å²) in [5, 5.41) is 8.21. The molecular formula is C29H49ClN4O5S. The minimum absolute atomic E-state index is 0.00651. The molecule has 9 nitrogen and oxygen atoms in total. The Bertz CT molecular complexity index is 1150. The van der Waals surface area contributed by atoms with E-state index >= 15 is 0 Å². The SMILES string of the molecule is Cc1nc2nc(Cl)nc(S(=O)(=O)C(C)C)c2n1CCCCCCCCCCCCCCCC(=O)OC[C@@H](C)CO. The number of sulfone groups is 1. The topological polar surface area (TPSA) is 124 Å². The molecule has 0 saturated heterocycles. The number of hydrogen-bond acceptors (Lipinski definition) is 8. The second-order valence-corrected chi connectivity index (χ2v) is 13.9. The van der Waals surface area contributed by atoms with E-state index in [4.69, 9.17) is 21.4 Å². The van der Waals surface area contributed by atoms with Crippen LogP contribution in [0.3, 0.4) is 0 Å². The summed E-state index contributed by atoms with van der Waals surface area (Å²) >= 11 is 6.01. The largest absolute Gasteiger partial charge is 0.465 e. The lowest BCUT2D eigenvalue weighted by molar-refractivity contribution is -0.145. The van der Waals surface area contributed by atoms with Gasteiger partial charge in [-0.15, -0.1) is 0 Å². The summed E-state index contributed by atoms with van der Waals surface area (Å²) in [5.74, 6) is 0.571. The summed E-state index contributed by atoms with van der Waals surface area (Å²) in [7, 11) is -3.62. The predicted molar refractivity (Wildman–Crippen MR) is 159 cm³/mol. The maximum absolute atomic E-state index is 12.9. The quantitative estimate of drug-likeness (QED) is 0.0735. The number of aromatic nitrogens is 4. The predicted octanol–water partition coefficient (Wildman–Crippen LogP) is 6.60. The smallest absolute Gasteiger partial charge is 0.305 e. The number of aliphatic hydroxyl groups excluding tert-OH is 1. The van der Waals surface area contributed by atoms with Crippen molar-refractivity contribution in [3.8, 4) is 0 Å². The number of aryl methyl sites for hydroxylation is 2. The van der Waals surface area contributed by atoms with Crippen molar-refractivity contribution in [2.24, 2.45) is 5.92 Å². The number of carbonyl (C=O) groups is 1. The number of unbranched alkanes of at least 4 members (excludes halogenated alkanes) is 12. The molecule has 0 aromatic carbocycles. The Morgan fingerprint density at radius 3 is 1.93 bits per heavy atom. The van der Waals surface area contributed by atoms with Gasteiger partial charge in [0.15, 0.2) is 20.5 Å². The summed E-state index contributed by atoms with van der Waals surface area (Å²) < 4.78 is 32.9. The average molecular weight is 601 g/mol. The summed E-state index contributed by atoms with van der Waals surface area (Å²) in [6, 6.07) is 0. The number of rotatable bonds is 21. The van der Waals surface area contributed by atoms with Crippen molar-refractivity contribution in [2.45, 2.75) is 134 Å². The first kappa shape index (κ1) is 34.4. The molecule has 2 heterocycles. The highest BCUT2D eigenvalue weighted by atomic mass is 35.5. The van der Waals surface area contributed by atoms with Gasteiger partial charge in [0.25, 0.3) is 0 Å². The van der Waals surface area contributed by atoms with Gasteiger partial charge < -0.3 is 14.4 Å². The molecule has 1 N–H and O–H groups in total. The van der Waals surface area contributed by atoms with Crippen LogP contribution in [0.1, 0.15) is 116 Å². The lowest BCUT2D eigenvalue weighted by atomic mass is 10.0. The maximum Gasteiger partial charge on any atom is 0.305 e. The van der Waals surface area contributed by atoms with Gasteiger partial charge in [0, 0.05) is 25.5 Å². The van der Waals surface area contributed by atoms with Crippen LogP contribution < -0.4 is 0 Å². The number of halogens is 1. The van der Waals surface area contributed by atoms with E-state index < -0.39 is 15.1 Å². The molecule has 1 atom stereocenters. The summed E-state index contributed by atoms with van der Waals surface area (Å²) in [5.41, 5.74) is 0.795. The maximum atomic E-state index is 12.9. The second kappa shape index (κ2) is 17.9. The van der Waals surface area contributed by atoms with Gasteiger partial charge in [0.05, 0.1) is 11.9 Å². The zero-order valence-corrected chi connectivity index (χ0v) is 26.4. The minimum Gasteiger partial charge on any atom is -0.465 e. The fourth-order valence-electron chi connectivity index (χ4n) is 4.63. The molecule has 2 aromatic heterocycles. The number of ether oxygens (including phenoxy) is 1. The third-order valence-electron chi connectivity index (χ3n) is 7.23. The molecule has 0 saturated carbocycles. The van der Waals surface area contributed by atoms with Gasteiger partial charge in [-0.05, 0) is 45.2 Å². The highest BCUT2D eigenvalue weighted by Crippen LogP contribution is 2.26. The highest BCUT2D eigenvalue weighted by molar-refractivity contribution is 7.92. The Morgan fingerprint density at radius 1 is 0.875 bits per heavy atom. The first-order chi connectivity index (χ1) is 19.1. The molecule has 11 heteroatoms. The van der Waals surface area contributed by atoms with E-state index in [-0.39, 0.29) is 28.8 Å². The summed E-state index contributed by atoms with van der Waals surface area (Å²) in [6.07, 6.45) is 15.5. The fraction of sp³-hybridized carbons (Fsp3) is 0.793. The number of hydrogen-bond donors (Lipinski definition) is 1.